The third kappa shape index (κ3) is 3.00. The van der Waals surface area contributed by atoms with Gasteiger partial charge in [-0.3, -0.25) is 0 Å². The second kappa shape index (κ2) is 6.37. The Morgan fingerprint density at radius 1 is 1.33 bits per heavy atom. The minimum atomic E-state index is 0.0815. The van der Waals surface area contributed by atoms with Gasteiger partial charge in [0.2, 0.25) is 5.95 Å². The summed E-state index contributed by atoms with van der Waals surface area (Å²) in [5.74, 6) is 0.873. The number of fused-ring (bicyclic) bond motifs is 1. The zero-order valence-corrected chi connectivity index (χ0v) is 10.6. The molecule has 0 saturated carbocycles. The number of imidazole rings is 1. The molecule has 1 aromatic heterocycles. The van der Waals surface area contributed by atoms with E-state index in [0.717, 1.165) is 29.9 Å². The summed E-state index contributed by atoms with van der Waals surface area (Å²) in [7, 11) is 2.00. The highest BCUT2D eigenvalue weighted by atomic mass is 16.5. The van der Waals surface area contributed by atoms with Gasteiger partial charge in [-0.15, -0.1) is 0 Å². The number of nitrogens with zero attached hydrogens (tertiary/aromatic N) is 2. The van der Waals surface area contributed by atoms with E-state index in [-0.39, 0.29) is 6.61 Å². The first-order valence-corrected chi connectivity index (χ1v) is 6.17. The minimum absolute atomic E-state index is 0.0815. The van der Waals surface area contributed by atoms with Gasteiger partial charge in [0.25, 0.3) is 0 Å². The van der Waals surface area contributed by atoms with Crippen LogP contribution in [0.5, 0.6) is 0 Å². The molecule has 2 aromatic rings. The van der Waals surface area contributed by atoms with E-state index < -0.39 is 0 Å². The molecule has 98 valence electrons. The number of rotatable bonds is 7. The Labute approximate surface area is 106 Å². The summed E-state index contributed by atoms with van der Waals surface area (Å²) >= 11 is 0. The summed E-state index contributed by atoms with van der Waals surface area (Å²) in [6, 6.07) is 8.06. The van der Waals surface area contributed by atoms with E-state index in [1.165, 1.54) is 0 Å². The summed E-state index contributed by atoms with van der Waals surface area (Å²) in [6.07, 6.45) is 0.892. The molecule has 2 N–H and O–H groups in total. The van der Waals surface area contributed by atoms with Crippen LogP contribution >= 0.6 is 0 Å². The molecule has 5 heteroatoms. The fourth-order valence-electron chi connectivity index (χ4n) is 1.84. The van der Waals surface area contributed by atoms with Crippen LogP contribution < -0.4 is 5.32 Å². The number of para-hydroxylation sites is 2. The van der Waals surface area contributed by atoms with Gasteiger partial charge in [-0.05, 0) is 18.6 Å². The van der Waals surface area contributed by atoms with Crippen molar-refractivity contribution in [3.63, 3.8) is 0 Å². The third-order valence-electron chi connectivity index (χ3n) is 2.77. The van der Waals surface area contributed by atoms with Crippen LogP contribution in [0.4, 0.5) is 5.95 Å². The fourth-order valence-corrected chi connectivity index (χ4v) is 1.84. The van der Waals surface area contributed by atoms with Gasteiger partial charge in [0, 0.05) is 20.2 Å². The molecule has 1 heterocycles. The van der Waals surface area contributed by atoms with E-state index in [1.807, 2.05) is 29.8 Å². The van der Waals surface area contributed by atoms with E-state index in [1.54, 1.807) is 0 Å². The molecule has 0 atom stereocenters. The van der Waals surface area contributed by atoms with Crippen LogP contribution in [0.2, 0.25) is 0 Å². The van der Waals surface area contributed by atoms with Gasteiger partial charge in [0.15, 0.2) is 0 Å². The van der Waals surface area contributed by atoms with Crippen molar-refractivity contribution in [3.8, 4) is 0 Å². The van der Waals surface area contributed by atoms with Crippen LogP contribution in [-0.2, 0) is 11.8 Å². The van der Waals surface area contributed by atoms with Crippen LogP contribution in [0.3, 0.4) is 0 Å². The molecule has 18 heavy (non-hydrogen) atoms. The predicted octanol–water partition coefficient (Wildman–Crippen LogP) is 1.38. The van der Waals surface area contributed by atoms with E-state index in [9.17, 15) is 0 Å². The number of ether oxygens (including phenoxy) is 1. The lowest BCUT2D eigenvalue weighted by Gasteiger charge is -2.06. The number of aryl methyl sites for hydroxylation is 1. The van der Waals surface area contributed by atoms with Crippen molar-refractivity contribution in [1.29, 1.82) is 0 Å². The highest BCUT2D eigenvalue weighted by molar-refractivity contribution is 5.78. The van der Waals surface area contributed by atoms with Crippen LogP contribution in [0.15, 0.2) is 24.3 Å². The van der Waals surface area contributed by atoms with Gasteiger partial charge < -0.3 is 19.7 Å². The van der Waals surface area contributed by atoms with Gasteiger partial charge in [-0.1, -0.05) is 12.1 Å². The summed E-state index contributed by atoms with van der Waals surface area (Å²) in [6.45, 7) is 1.95. The normalized spacial score (nSPS) is 11.0. The van der Waals surface area contributed by atoms with E-state index in [4.69, 9.17) is 9.84 Å². The largest absolute Gasteiger partial charge is 0.394 e. The quantitative estimate of drug-likeness (QED) is 0.728. The van der Waals surface area contributed by atoms with Gasteiger partial charge in [-0.2, -0.15) is 0 Å². The number of hydrogen-bond donors (Lipinski definition) is 2. The average Bonchev–Trinajstić information content (AvgIpc) is 2.71. The molecule has 0 spiro atoms. The Kier molecular flexibility index (Phi) is 4.55. The highest BCUT2D eigenvalue weighted by Gasteiger charge is 2.05. The van der Waals surface area contributed by atoms with Crippen molar-refractivity contribution in [1.82, 2.24) is 9.55 Å². The van der Waals surface area contributed by atoms with E-state index in [0.29, 0.717) is 13.2 Å². The van der Waals surface area contributed by atoms with Crippen molar-refractivity contribution in [3.05, 3.63) is 24.3 Å². The molecule has 1 aromatic carbocycles. The molecule has 5 nitrogen and oxygen atoms in total. The van der Waals surface area contributed by atoms with Gasteiger partial charge in [-0.25, -0.2) is 4.98 Å². The number of nitrogens with one attached hydrogen (secondary N) is 1. The van der Waals surface area contributed by atoms with Crippen LogP contribution in [0.25, 0.3) is 11.0 Å². The van der Waals surface area contributed by atoms with Crippen molar-refractivity contribution in [2.75, 3.05) is 31.7 Å². The first kappa shape index (κ1) is 12.9. The second-order valence-corrected chi connectivity index (χ2v) is 4.10. The SMILES string of the molecule is Cn1c(NCCCOCCO)nc2ccccc21. The molecule has 0 radical (unpaired) electrons. The lowest BCUT2D eigenvalue weighted by Crippen LogP contribution is -2.10. The summed E-state index contributed by atoms with van der Waals surface area (Å²) < 4.78 is 7.24. The maximum atomic E-state index is 8.56. The molecular weight excluding hydrogens is 230 g/mol. The predicted molar refractivity (Wildman–Crippen MR) is 71.7 cm³/mol. The van der Waals surface area contributed by atoms with Gasteiger partial charge in [0.1, 0.15) is 0 Å². The van der Waals surface area contributed by atoms with E-state index in [2.05, 4.69) is 16.4 Å². The zero-order valence-electron chi connectivity index (χ0n) is 10.6. The van der Waals surface area contributed by atoms with Crippen molar-refractivity contribution < 1.29 is 9.84 Å². The maximum Gasteiger partial charge on any atom is 0.203 e. The Balaban J connectivity index is 1.86. The molecule has 0 fully saturated rings. The summed E-state index contributed by atoms with van der Waals surface area (Å²) in [5, 5.41) is 11.9. The van der Waals surface area contributed by atoms with Gasteiger partial charge in [0.05, 0.1) is 24.2 Å². The monoisotopic (exact) mass is 249 g/mol. The summed E-state index contributed by atoms with van der Waals surface area (Å²) in [4.78, 5) is 4.52. The van der Waals surface area contributed by atoms with Crippen molar-refractivity contribution in [2.24, 2.45) is 7.05 Å². The third-order valence-corrected chi connectivity index (χ3v) is 2.77. The maximum absolute atomic E-state index is 8.56. The molecule has 0 aliphatic carbocycles. The molecule has 2 rings (SSSR count). The Morgan fingerprint density at radius 2 is 2.17 bits per heavy atom. The number of benzene rings is 1. The molecule has 0 aliphatic heterocycles. The lowest BCUT2D eigenvalue weighted by molar-refractivity contribution is 0.0921. The van der Waals surface area contributed by atoms with Crippen molar-refractivity contribution in [2.45, 2.75) is 6.42 Å². The molecule has 0 aliphatic rings. The zero-order chi connectivity index (χ0) is 12.8. The first-order chi connectivity index (χ1) is 8.83. The topological polar surface area (TPSA) is 59.3 Å². The molecule has 0 amide bonds. The minimum Gasteiger partial charge on any atom is -0.394 e. The highest BCUT2D eigenvalue weighted by Crippen LogP contribution is 2.17. The first-order valence-electron chi connectivity index (χ1n) is 6.17. The number of hydrogen-bond acceptors (Lipinski definition) is 4. The fraction of sp³-hybridized carbons (Fsp3) is 0.462. The standard InChI is InChI=1S/C13H19N3O2/c1-16-12-6-3-2-5-11(12)15-13(16)14-7-4-9-18-10-8-17/h2-3,5-6,17H,4,7-10H2,1H3,(H,14,15). The average molecular weight is 249 g/mol. The van der Waals surface area contributed by atoms with E-state index >= 15 is 0 Å². The lowest BCUT2D eigenvalue weighted by atomic mass is 10.3. The second-order valence-electron chi connectivity index (χ2n) is 4.10. The number of aromatic nitrogens is 2. The molecule has 0 bridgehead atoms. The Bertz CT molecular complexity index is 496. The number of aliphatic hydroxyl groups excluding tert-OH is 1. The molecule has 0 saturated heterocycles. The molecule has 0 unspecified atom stereocenters. The smallest absolute Gasteiger partial charge is 0.203 e. The van der Waals surface area contributed by atoms with Crippen LogP contribution in [0.1, 0.15) is 6.42 Å². The Hall–Kier alpha value is -1.59. The number of aliphatic hydroxyl groups is 1. The van der Waals surface area contributed by atoms with Crippen LogP contribution in [0, 0.1) is 0 Å². The van der Waals surface area contributed by atoms with Crippen molar-refractivity contribution >= 4 is 17.0 Å². The van der Waals surface area contributed by atoms with Crippen LogP contribution in [-0.4, -0.2) is 41.0 Å². The Morgan fingerprint density at radius 3 is 2.94 bits per heavy atom. The number of anilines is 1. The summed E-state index contributed by atoms with van der Waals surface area (Å²) in [5.41, 5.74) is 2.12. The molecular formula is C13H19N3O2. The van der Waals surface area contributed by atoms with Gasteiger partial charge >= 0.3 is 0 Å².